The van der Waals surface area contributed by atoms with Gasteiger partial charge in [-0.3, -0.25) is 9.59 Å². The molecule has 2 saturated heterocycles. The summed E-state index contributed by atoms with van der Waals surface area (Å²) in [4.78, 5) is 44.4. The second-order valence-electron chi connectivity index (χ2n) is 11.1. The van der Waals surface area contributed by atoms with E-state index in [4.69, 9.17) is 23.2 Å². The summed E-state index contributed by atoms with van der Waals surface area (Å²) in [6.07, 6.45) is 3.84. The van der Waals surface area contributed by atoms with E-state index in [0.29, 0.717) is 61.5 Å². The van der Waals surface area contributed by atoms with Crippen molar-refractivity contribution in [3.63, 3.8) is 0 Å². The zero-order chi connectivity index (χ0) is 28.7. The van der Waals surface area contributed by atoms with Crippen LogP contribution < -0.4 is 16.4 Å². The van der Waals surface area contributed by atoms with Crippen LogP contribution in [0.5, 0.6) is 0 Å². The molecule has 2 fully saturated rings. The Balaban J connectivity index is 1.58. The van der Waals surface area contributed by atoms with Gasteiger partial charge in [-0.15, -0.1) is 0 Å². The zero-order valence-electron chi connectivity index (χ0n) is 23.1. The minimum Gasteiger partial charge on any atom is -0.356 e. The molecule has 0 bridgehead atoms. The van der Waals surface area contributed by atoms with E-state index in [0.717, 1.165) is 24.0 Å². The van der Waals surface area contributed by atoms with Crippen molar-refractivity contribution in [1.82, 2.24) is 20.4 Å². The van der Waals surface area contributed by atoms with E-state index in [-0.39, 0.29) is 30.8 Å². The van der Waals surface area contributed by atoms with Crippen molar-refractivity contribution >= 4 is 41.0 Å². The molecule has 2 aliphatic rings. The summed E-state index contributed by atoms with van der Waals surface area (Å²) in [5, 5.41) is 6.84. The number of halogens is 2. The molecule has 4 amide bonds. The number of rotatable bonds is 8. The fraction of sp³-hybridized carbons (Fsp3) is 0.500. The Morgan fingerprint density at radius 2 is 1.73 bits per heavy atom. The summed E-state index contributed by atoms with van der Waals surface area (Å²) < 4.78 is 0. The lowest BCUT2D eigenvalue weighted by atomic mass is 9.74. The first-order chi connectivity index (χ1) is 19.2. The average Bonchev–Trinajstić information content (AvgIpc) is 2.95. The zero-order valence-corrected chi connectivity index (χ0v) is 24.6. The number of hydrogen-bond donors (Lipinski definition) is 3. The van der Waals surface area contributed by atoms with Crippen LogP contribution in [-0.4, -0.2) is 72.5 Å². The maximum absolute atomic E-state index is 14.1. The summed E-state index contributed by atoms with van der Waals surface area (Å²) in [5.41, 5.74) is 5.20. The lowest BCUT2D eigenvalue weighted by molar-refractivity contribution is -0.425. The molecule has 10 heteroatoms. The number of piperidine rings is 2. The number of carbonyl (C=O) groups is 3. The van der Waals surface area contributed by atoms with Gasteiger partial charge < -0.3 is 26.2 Å². The molecule has 0 aromatic heterocycles. The highest BCUT2D eigenvalue weighted by Gasteiger charge is 2.44. The van der Waals surface area contributed by atoms with Gasteiger partial charge in [0.15, 0.2) is 0 Å². The summed E-state index contributed by atoms with van der Waals surface area (Å²) >= 11 is 12.4. The van der Waals surface area contributed by atoms with Crippen molar-refractivity contribution in [3.8, 4) is 0 Å². The van der Waals surface area contributed by atoms with E-state index in [1.165, 1.54) is 0 Å². The molecule has 216 valence electrons. The Hall–Kier alpha value is -2.81. The molecule has 2 atom stereocenters. The van der Waals surface area contributed by atoms with Gasteiger partial charge in [0, 0.05) is 52.0 Å². The molecule has 0 saturated carbocycles. The summed E-state index contributed by atoms with van der Waals surface area (Å²) in [6.45, 7) is 4.44. The largest absolute Gasteiger partial charge is 0.356 e. The Bertz CT molecular complexity index is 1190. The number of nitrogens with zero attached hydrogens (tertiary/aromatic N) is 2. The Kier molecular flexibility index (Phi) is 10.3. The molecule has 0 aliphatic carbocycles. The number of likely N-dealkylation sites (tertiary alicyclic amines) is 2. The number of carbonyl (C=O) groups excluding carboxylic acids is 3. The fourth-order valence-corrected chi connectivity index (χ4v) is 6.08. The number of urea groups is 1. The maximum Gasteiger partial charge on any atom is 0.318 e. The fourth-order valence-electron chi connectivity index (χ4n) is 5.76. The summed E-state index contributed by atoms with van der Waals surface area (Å²) in [6, 6.07) is 14.4. The van der Waals surface area contributed by atoms with Gasteiger partial charge in [0.05, 0.1) is 21.5 Å². The average molecular weight is 590 g/mol. The van der Waals surface area contributed by atoms with E-state index >= 15 is 0 Å². The molecule has 40 heavy (non-hydrogen) atoms. The van der Waals surface area contributed by atoms with E-state index in [9.17, 15) is 14.4 Å². The van der Waals surface area contributed by atoms with Crippen LogP contribution in [0.4, 0.5) is 4.79 Å². The van der Waals surface area contributed by atoms with Crippen LogP contribution >= 0.6 is 23.2 Å². The first-order valence-electron chi connectivity index (χ1n) is 14.1. The lowest BCUT2D eigenvalue weighted by Gasteiger charge is -2.43. The number of benzene rings is 2. The molecule has 2 heterocycles. The van der Waals surface area contributed by atoms with Crippen molar-refractivity contribution in [2.75, 3.05) is 32.7 Å². The van der Waals surface area contributed by atoms with Gasteiger partial charge in [-0.25, -0.2) is 4.79 Å². The predicted molar refractivity (Wildman–Crippen MR) is 157 cm³/mol. The Morgan fingerprint density at radius 3 is 2.40 bits per heavy atom. The van der Waals surface area contributed by atoms with Gasteiger partial charge in [-0.05, 0) is 49.4 Å². The summed E-state index contributed by atoms with van der Waals surface area (Å²) in [7, 11) is 0. The number of quaternary nitrogens is 1. The van der Waals surface area contributed by atoms with Crippen LogP contribution in [0.15, 0.2) is 48.5 Å². The second kappa shape index (κ2) is 13.7. The third-order valence-corrected chi connectivity index (χ3v) is 8.75. The van der Waals surface area contributed by atoms with E-state index in [2.05, 4.69) is 16.4 Å². The minimum atomic E-state index is -0.816. The monoisotopic (exact) mass is 588 g/mol. The number of hydrogen-bond acceptors (Lipinski definition) is 3. The quantitative estimate of drug-likeness (QED) is 0.440. The molecule has 0 spiro atoms. The van der Waals surface area contributed by atoms with Crippen molar-refractivity contribution in [2.45, 2.75) is 57.5 Å². The molecule has 5 N–H and O–H groups in total. The lowest BCUT2D eigenvalue weighted by Crippen LogP contribution is -2.65. The SMILES string of the molecule is CCNC(=O)[C@]1(Cc2ccccc2)CCCN(C(=O)[C@@H](Cc2ccc(Cl)c(Cl)c2)NC(=O)N2CCC([NH3+])CC2)C1. The van der Waals surface area contributed by atoms with Crippen LogP contribution in [0.2, 0.25) is 10.0 Å². The van der Waals surface area contributed by atoms with Crippen molar-refractivity contribution in [1.29, 1.82) is 0 Å². The predicted octanol–water partition coefficient (Wildman–Crippen LogP) is 3.31. The van der Waals surface area contributed by atoms with Gasteiger partial charge in [0.2, 0.25) is 11.8 Å². The highest BCUT2D eigenvalue weighted by molar-refractivity contribution is 6.42. The molecule has 0 unspecified atom stereocenters. The van der Waals surface area contributed by atoms with Gasteiger partial charge in [0.1, 0.15) is 6.04 Å². The van der Waals surface area contributed by atoms with Crippen molar-refractivity contribution in [2.24, 2.45) is 5.41 Å². The molecular weight excluding hydrogens is 549 g/mol. The molecule has 8 nitrogen and oxygen atoms in total. The standard InChI is InChI=1S/C30H39Cl2N5O3/c1-2-34-28(39)30(19-21-7-4-3-5-8-21)13-6-14-37(20-30)27(38)26(18-22-9-10-24(31)25(32)17-22)35-29(40)36-15-11-23(33)12-16-36/h3-5,7-10,17,23,26H,2,6,11-16,18-20,33H2,1H3,(H,34,39)(H,35,40)/p+1/t26-,30+/m1/s1. The first-order valence-corrected chi connectivity index (χ1v) is 14.9. The second-order valence-corrected chi connectivity index (χ2v) is 11.9. The highest BCUT2D eigenvalue weighted by atomic mass is 35.5. The molecule has 2 aliphatic heterocycles. The minimum absolute atomic E-state index is 0.0440. The van der Waals surface area contributed by atoms with Crippen LogP contribution in [0.25, 0.3) is 0 Å². The van der Waals surface area contributed by atoms with E-state index < -0.39 is 11.5 Å². The van der Waals surface area contributed by atoms with Gasteiger partial charge >= 0.3 is 6.03 Å². The van der Waals surface area contributed by atoms with Gasteiger partial charge in [-0.1, -0.05) is 59.6 Å². The third-order valence-electron chi connectivity index (χ3n) is 8.01. The van der Waals surface area contributed by atoms with Crippen LogP contribution in [0.3, 0.4) is 0 Å². The van der Waals surface area contributed by atoms with Gasteiger partial charge in [-0.2, -0.15) is 0 Å². The molecule has 4 rings (SSSR count). The smallest absolute Gasteiger partial charge is 0.318 e. The number of amides is 4. The molecule has 0 radical (unpaired) electrons. The Morgan fingerprint density at radius 1 is 1.00 bits per heavy atom. The topological polar surface area (TPSA) is 109 Å². The van der Waals surface area contributed by atoms with E-state index in [1.807, 2.05) is 43.3 Å². The molecule has 2 aromatic carbocycles. The van der Waals surface area contributed by atoms with Crippen molar-refractivity contribution < 1.29 is 20.1 Å². The van der Waals surface area contributed by atoms with Crippen LogP contribution in [-0.2, 0) is 22.4 Å². The van der Waals surface area contributed by atoms with Crippen LogP contribution in [0.1, 0.15) is 43.7 Å². The first kappa shape index (κ1) is 30.2. The van der Waals surface area contributed by atoms with Gasteiger partial charge in [0.25, 0.3) is 0 Å². The van der Waals surface area contributed by atoms with E-state index in [1.54, 1.807) is 21.9 Å². The molecule has 2 aromatic rings. The highest BCUT2D eigenvalue weighted by Crippen LogP contribution is 2.35. The third kappa shape index (κ3) is 7.47. The van der Waals surface area contributed by atoms with Crippen molar-refractivity contribution in [3.05, 3.63) is 69.7 Å². The Labute approximate surface area is 246 Å². The van der Waals surface area contributed by atoms with Crippen LogP contribution in [0, 0.1) is 5.41 Å². The maximum atomic E-state index is 14.1. The normalized spacial score (nSPS) is 20.6. The number of nitrogens with one attached hydrogen (secondary N) is 2. The summed E-state index contributed by atoms with van der Waals surface area (Å²) in [5.74, 6) is -0.245. The molecular formula is C30H40Cl2N5O3+.